The van der Waals surface area contributed by atoms with Gasteiger partial charge in [0.05, 0.1) is 16.2 Å². The fraction of sp³-hybridized carbons (Fsp3) is 0.400. The zero-order chi connectivity index (χ0) is 12.7. The van der Waals surface area contributed by atoms with E-state index in [1.54, 1.807) is 0 Å². The number of hydrogen-bond donors (Lipinski definition) is 1. The summed E-state index contributed by atoms with van der Waals surface area (Å²) in [6.07, 6.45) is 3.41. The average Bonchev–Trinajstić information content (AvgIpc) is 2.82. The molecule has 1 aromatic carbocycles. The van der Waals surface area contributed by atoms with Crippen LogP contribution >= 0.6 is 11.6 Å². The van der Waals surface area contributed by atoms with Crippen molar-refractivity contribution in [1.82, 2.24) is 4.98 Å². The molecule has 0 atom stereocenters. The van der Waals surface area contributed by atoms with Gasteiger partial charge in [0.25, 0.3) is 0 Å². The van der Waals surface area contributed by atoms with Crippen LogP contribution < -0.4 is 5.32 Å². The number of benzene rings is 1. The standard InChI is InChI=1S/C15H17ClN2/c1-3-17-15-10-5-4-6-12(10)18-14-9(2)7-8-11(16)13(14)15/h7-8H,3-6H2,1-2H3,(H,17,18). The van der Waals surface area contributed by atoms with Crippen molar-refractivity contribution in [2.45, 2.75) is 33.1 Å². The summed E-state index contributed by atoms with van der Waals surface area (Å²) in [5.41, 5.74) is 6.09. The van der Waals surface area contributed by atoms with Crippen molar-refractivity contribution in [2.24, 2.45) is 0 Å². The Hall–Kier alpha value is -1.28. The second-order valence-corrected chi connectivity index (χ2v) is 5.29. The molecule has 0 saturated heterocycles. The van der Waals surface area contributed by atoms with Gasteiger partial charge in [0.2, 0.25) is 0 Å². The zero-order valence-corrected chi connectivity index (χ0v) is 11.6. The van der Waals surface area contributed by atoms with Crippen LogP contribution in [0.3, 0.4) is 0 Å². The Bertz CT molecular complexity index is 620. The number of hydrogen-bond acceptors (Lipinski definition) is 2. The lowest BCUT2D eigenvalue weighted by atomic mass is 10.0. The van der Waals surface area contributed by atoms with Crippen molar-refractivity contribution >= 4 is 28.2 Å². The molecule has 94 valence electrons. The highest BCUT2D eigenvalue weighted by atomic mass is 35.5. The summed E-state index contributed by atoms with van der Waals surface area (Å²) in [7, 11) is 0. The number of aryl methyl sites for hydroxylation is 2. The number of rotatable bonds is 2. The van der Waals surface area contributed by atoms with Gasteiger partial charge in [-0.3, -0.25) is 4.98 Å². The Labute approximate surface area is 112 Å². The Morgan fingerprint density at radius 3 is 2.94 bits per heavy atom. The maximum Gasteiger partial charge on any atom is 0.0770 e. The number of nitrogens with zero attached hydrogens (tertiary/aromatic N) is 1. The SMILES string of the molecule is CCNc1c2c(nc3c(C)ccc(Cl)c13)CCC2. The van der Waals surface area contributed by atoms with Crippen LogP contribution in [0, 0.1) is 6.92 Å². The van der Waals surface area contributed by atoms with E-state index in [0.717, 1.165) is 35.3 Å². The Morgan fingerprint density at radius 1 is 1.33 bits per heavy atom. The number of nitrogens with one attached hydrogen (secondary N) is 1. The molecule has 1 N–H and O–H groups in total. The molecule has 1 aliphatic carbocycles. The number of aromatic nitrogens is 1. The van der Waals surface area contributed by atoms with E-state index in [1.165, 1.54) is 28.9 Å². The first-order valence-corrected chi connectivity index (χ1v) is 6.94. The first kappa shape index (κ1) is 11.8. The molecule has 0 unspecified atom stereocenters. The molecule has 0 bridgehead atoms. The molecular formula is C15H17ClN2. The molecule has 0 fully saturated rings. The van der Waals surface area contributed by atoms with E-state index in [0.29, 0.717) is 0 Å². The van der Waals surface area contributed by atoms with Gasteiger partial charge >= 0.3 is 0 Å². The van der Waals surface area contributed by atoms with Gasteiger partial charge in [-0.25, -0.2) is 0 Å². The molecule has 0 radical (unpaired) electrons. The first-order valence-electron chi connectivity index (χ1n) is 6.56. The van der Waals surface area contributed by atoms with Gasteiger partial charge in [0.15, 0.2) is 0 Å². The van der Waals surface area contributed by atoms with Crippen LogP contribution in [-0.4, -0.2) is 11.5 Å². The summed E-state index contributed by atoms with van der Waals surface area (Å²) in [4.78, 5) is 4.83. The third kappa shape index (κ3) is 1.67. The van der Waals surface area contributed by atoms with Gasteiger partial charge in [-0.05, 0) is 50.3 Å². The second-order valence-electron chi connectivity index (χ2n) is 4.88. The van der Waals surface area contributed by atoms with Crippen molar-refractivity contribution in [3.05, 3.63) is 34.0 Å². The molecular weight excluding hydrogens is 244 g/mol. The average molecular weight is 261 g/mol. The van der Waals surface area contributed by atoms with Gasteiger partial charge in [-0.2, -0.15) is 0 Å². The maximum absolute atomic E-state index is 6.39. The molecule has 0 spiro atoms. The van der Waals surface area contributed by atoms with Crippen LogP contribution in [-0.2, 0) is 12.8 Å². The Kier molecular flexibility index (Phi) is 2.90. The number of anilines is 1. The highest BCUT2D eigenvalue weighted by Crippen LogP contribution is 2.38. The lowest BCUT2D eigenvalue weighted by Crippen LogP contribution is -2.04. The van der Waals surface area contributed by atoms with E-state index < -0.39 is 0 Å². The summed E-state index contributed by atoms with van der Waals surface area (Å²) in [6.45, 7) is 5.13. The van der Waals surface area contributed by atoms with Crippen LogP contribution in [0.2, 0.25) is 5.02 Å². The van der Waals surface area contributed by atoms with Crippen LogP contribution in [0.1, 0.15) is 30.2 Å². The number of pyridine rings is 1. The lowest BCUT2D eigenvalue weighted by Gasteiger charge is -2.15. The van der Waals surface area contributed by atoms with E-state index >= 15 is 0 Å². The molecule has 3 rings (SSSR count). The van der Waals surface area contributed by atoms with Crippen LogP contribution in [0.25, 0.3) is 10.9 Å². The summed E-state index contributed by atoms with van der Waals surface area (Å²) >= 11 is 6.39. The van der Waals surface area contributed by atoms with Crippen LogP contribution in [0.5, 0.6) is 0 Å². The normalized spacial score (nSPS) is 13.9. The fourth-order valence-corrected chi connectivity index (χ4v) is 3.08. The van der Waals surface area contributed by atoms with Crippen molar-refractivity contribution in [3.63, 3.8) is 0 Å². The molecule has 18 heavy (non-hydrogen) atoms. The van der Waals surface area contributed by atoms with Gasteiger partial charge in [0, 0.05) is 17.6 Å². The molecule has 0 aliphatic heterocycles. The molecule has 0 amide bonds. The predicted octanol–water partition coefficient (Wildman–Crippen LogP) is 4.12. The minimum atomic E-state index is 0.800. The third-order valence-electron chi connectivity index (χ3n) is 3.67. The molecule has 1 aromatic heterocycles. The van der Waals surface area contributed by atoms with Crippen molar-refractivity contribution in [3.8, 4) is 0 Å². The molecule has 1 aliphatic rings. The Balaban J connectivity index is 2.42. The van der Waals surface area contributed by atoms with Crippen molar-refractivity contribution in [1.29, 1.82) is 0 Å². The molecule has 1 heterocycles. The monoisotopic (exact) mass is 260 g/mol. The summed E-state index contributed by atoms with van der Waals surface area (Å²) < 4.78 is 0. The van der Waals surface area contributed by atoms with Crippen molar-refractivity contribution in [2.75, 3.05) is 11.9 Å². The van der Waals surface area contributed by atoms with E-state index in [4.69, 9.17) is 16.6 Å². The Morgan fingerprint density at radius 2 is 2.17 bits per heavy atom. The van der Waals surface area contributed by atoms with Crippen LogP contribution in [0.4, 0.5) is 5.69 Å². The quantitative estimate of drug-likeness (QED) is 0.879. The van der Waals surface area contributed by atoms with E-state index in [2.05, 4.69) is 25.2 Å². The van der Waals surface area contributed by atoms with Gasteiger partial charge in [0.1, 0.15) is 0 Å². The van der Waals surface area contributed by atoms with Gasteiger partial charge in [-0.1, -0.05) is 17.7 Å². The highest BCUT2D eigenvalue weighted by Gasteiger charge is 2.21. The summed E-state index contributed by atoms with van der Waals surface area (Å²) in [5.74, 6) is 0. The minimum absolute atomic E-state index is 0.800. The second kappa shape index (κ2) is 4.43. The summed E-state index contributed by atoms with van der Waals surface area (Å²) in [6, 6.07) is 4.03. The largest absolute Gasteiger partial charge is 0.384 e. The van der Waals surface area contributed by atoms with E-state index in [-0.39, 0.29) is 0 Å². The molecule has 2 nitrogen and oxygen atoms in total. The fourth-order valence-electron chi connectivity index (χ4n) is 2.83. The smallest absolute Gasteiger partial charge is 0.0770 e. The van der Waals surface area contributed by atoms with E-state index in [9.17, 15) is 0 Å². The minimum Gasteiger partial charge on any atom is -0.384 e. The van der Waals surface area contributed by atoms with Gasteiger partial charge in [-0.15, -0.1) is 0 Å². The molecule has 0 saturated carbocycles. The predicted molar refractivity (Wildman–Crippen MR) is 77.7 cm³/mol. The first-order chi connectivity index (χ1) is 8.72. The van der Waals surface area contributed by atoms with E-state index in [1.807, 2.05) is 6.07 Å². The maximum atomic E-state index is 6.39. The van der Waals surface area contributed by atoms with Gasteiger partial charge < -0.3 is 5.32 Å². The van der Waals surface area contributed by atoms with Crippen LogP contribution in [0.15, 0.2) is 12.1 Å². The number of halogens is 1. The lowest BCUT2D eigenvalue weighted by molar-refractivity contribution is 0.901. The number of fused-ring (bicyclic) bond motifs is 2. The topological polar surface area (TPSA) is 24.9 Å². The zero-order valence-electron chi connectivity index (χ0n) is 10.8. The van der Waals surface area contributed by atoms with Crippen molar-refractivity contribution < 1.29 is 0 Å². The highest BCUT2D eigenvalue weighted by molar-refractivity contribution is 6.36. The third-order valence-corrected chi connectivity index (χ3v) is 3.98. The molecule has 2 aromatic rings. The molecule has 3 heteroatoms. The summed E-state index contributed by atoms with van der Waals surface area (Å²) in [5, 5.41) is 5.39.